The summed E-state index contributed by atoms with van der Waals surface area (Å²) in [5.41, 5.74) is 2.01. The van der Waals surface area contributed by atoms with Crippen LogP contribution in [0, 0.1) is 6.92 Å². The minimum Gasteiger partial charge on any atom is -0.247 e. The van der Waals surface area contributed by atoms with Gasteiger partial charge in [0, 0.05) is 16.8 Å². The number of hydrazone groups is 1. The van der Waals surface area contributed by atoms with E-state index < -0.39 is 5.83 Å². The molecule has 0 unspecified atom stereocenters. The van der Waals surface area contributed by atoms with E-state index in [0.29, 0.717) is 0 Å². The molecule has 0 aliphatic heterocycles. The maximum absolute atomic E-state index is 13.5. The van der Waals surface area contributed by atoms with Gasteiger partial charge in [0.1, 0.15) is 5.83 Å². The number of hydrogen-bond acceptors (Lipinski definition) is 3. The average molecular weight is 286 g/mol. The third-order valence-corrected chi connectivity index (χ3v) is 3.23. The third kappa shape index (κ3) is 4.90. The standard InChI is InChI=1S/C16H15FN2S/c1-13-7-9-16(10-8-13)20-19-18-12-15(17)11-14-5-3-2-4-6-14/h2-12,19H,1H3/b15-11-,18-12+. The molecule has 0 atom stereocenters. The van der Waals surface area contributed by atoms with Gasteiger partial charge >= 0.3 is 0 Å². The van der Waals surface area contributed by atoms with E-state index in [2.05, 4.69) is 9.93 Å². The lowest BCUT2D eigenvalue weighted by Crippen LogP contribution is -1.92. The molecule has 0 heterocycles. The number of aryl methyl sites for hydroxylation is 1. The molecule has 20 heavy (non-hydrogen) atoms. The summed E-state index contributed by atoms with van der Waals surface area (Å²) in [7, 11) is 0. The number of rotatable bonds is 5. The SMILES string of the molecule is Cc1ccc(SN/N=C/C(F)=C/c2ccccc2)cc1. The zero-order valence-electron chi connectivity index (χ0n) is 11.1. The van der Waals surface area contributed by atoms with E-state index in [0.717, 1.165) is 16.7 Å². The molecule has 0 aromatic heterocycles. The number of nitrogens with one attached hydrogen (secondary N) is 1. The van der Waals surface area contributed by atoms with Crippen LogP contribution in [0.4, 0.5) is 4.39 Å². The predicted octanol–water partition coefficient (Wildman–Crippen LogP) is 4.59. The lowest BCUT2D eigenvalue weighted by atomic mass is 10.2. The highest BCUT2D eigenvalue weighted by Gasteiger charge is 1.93. The fourth-order valence-corrected chi connectivity index (χ4v) is 2.00. The largest absolute Gasteiger partial charge is 0.247 e. The van der Waals surface area contributed by atoms with Crippen molar-refractivity contribution in [2.75, 3.05) is 0 Å². The van der Waals surface area contributed by atoms with Crippen molar-refractivity contribution in [3.63, 3.8) is 0 Å². The monoisotopic (exact) mass is 286 g/mol. The number of nitrogens with zero attached hydrogens (tertiary/aromatic N) is 1. The minimum absolute atomic E-state index is 0.395. The lowest BCUT2D eigenvalue weighted by Gasteiger charge is -1.99. The van der Waals surface area contributed by atoms with Gasteiger partial charge in [-0.2, -0.15) is 5.10 Å². The fourth-order valence-electron chi connectivity index (χ4n) is 1.52. The third-order valence-electron chi connectivity index (χ3n) is 2.53. The zero-order valence-corrected chi connectivity index (χ0v) is 11.9. The Labute approximate surface area is 122 Å². The molecule has 0 fully saturated rings. The van der Waals surface area contributed by atoms with Crippen molar-refractivity contribution in [3.8, 4) is 0 Å². The van der Waals surface area contributed by atoms with Crippen molar-refractivity contribution < 1.29 is 4.39 Å². The molecule has 2 aromatic carbocycles. The van der Waals surface area contributed by atoms with Crippen molar-refractivity contribution >= 4 is 24.2 Å². The molecule has 0 saturated heterocycles. The number of benzene rings is 2. The van der Waals surface area contributed by atoms with Gasteiger partial charge in [-0.15, -0.1) is 0 Å². The predicted molar refractivity (Wildman–Crippen MR) is 84.2 cm³/mol. The zero-order chi connectivity index (χ0) is 14.2. The second-order valence-electron chi connectivity index (χ2n) is 4.20. The van der Waals surface area contributed by atoms with Crippen LogP contribution in [0.2, 0.25) is 0 Å². The first-order valence-electron chi connectivity index (χ1n) is 6.18. The quantitative estimate of drug-likeness (QED) is 0.494. The Balaban J connectivity index is 1.84. The van der Waals surface area contributed by atoms with Gasteiger partial charge in [0.05, 0.1) is 6.21 Å². The first-order chi connectivity index (χ1) is 9.74. The molecule has 102 valence electrons. The van der Waals surface area contributed by atoms with Crippen LogP contribution in [0.15, 0.2) is 70.4 Å². The van der Waals surface area contributed by atoms with Crippen LogP contribution < -0.4 is 4.83 Å². The van der Waals surface area contributed by atoms with E-state index in [1.807, 2.05) is 61.5 Å². The lowest BCUT2D eigenvalue weighted by molar-refractivity contribution is 0.692. The second kappa shape index (κ2) is 7.50. The van der Waals surface area contributed by atoms with Crippen molar-refractivity contribution in [2.45, 2.75) is 11.8 Å². The first kappa shape index (κ1) is 14.3. The summed E-state index contributed by atoms with van der Waals surface area (Å²) < 4.78 is 13.5. The van der Waals surface area contributed by atoms with Crippen LogP contribution in [0.1, 0.15) is 11.1 Å². The van der Waals surface area contributed by atoms with E-state index in [1.165, 1.54) is 23.6 Å². The number of allylic oxidation sites excluding steroid dienone is 1. The number of hydrogen-bond donors (Lipinski definition) is 1. The summed E-state index contributed by atoms with van der Waals surface area (Å²) >= 11 is 1.34. The van der Waals surface area contributed by atoms with Crippen LogP contribution in [-0.4, -0.2) is 6.21 Å². The average Bonchev–Trinajstić information content (AvgIpc) is 2.46. The molecule has 0 bridgehead atoms. The van der Waals surface area contributed by atoms with Gasteiger partial charge in [-0.1, -0.05) is 48.0 Å². The number of halogens is 1. The molecule has 0 radical (unpaired) electrons. The van der Waals surface area contributed by atoms with E-state index >= 15 is 0 Å². The molecule has 2 nitrogen and oxygen atoms in total. The minimum atomic E-state index is -0.395. The molecule has 2 rings (SSSR count). The van der Waals surface area contributed by atoms with Gasteiger partial charge in [0.2, 0.25) is 0 Å². The molecule has 0 amide bonds. The van der Waals surface area contributed by atoms with Crippen LogP contribution in [-0.2, 0) is 0 Å². The van der Waals surface area contributed by atoms with Crippen molar-refractivity contribution in [1.29, 1.82) is 0 Å². The van der Waals surface area contributed by atoms with Gasteiger partial charge in [0.15, 0.2) is 0 Å². The van der Waals surface area contributed by atoms with Gasteiger partial charge in [-0.05, 0) is 30.7 Å². The van der Waals surface area contributed by atoms with E-state index in [1.54, 1.807) is 0 Å². The summed E-state index contributed by atoms with van der Waals surface area (Å²) in [6.45, 7) is 2.03. The van der Waals surface area contributed by atoms with Crippen molar-refractivity contribution in [3.05, 3.63) is 71.6 Å². The Kier molecular flexibility index (Phi) is 5.38. The van der Waals surface area contributed by atoms with E-state index in [4.69, 9.17) is 0 Å². The smallest absolute Gasteiger partial charge is 0.143 e. The summed E-state index contributed by atoms with van der Waals surface area (Å²) in [5, 5.41) is 3.83. The van der Waals surface area contributed by atoms with Crippen LogP contribution in [0.5, 0.6) is 0 Å². The Bertz CT molecular complexity index is 592. The molecule has 4 heteroatoms. The topological polar surface area (TPSA) is 24.4 Å². The Morgan fingerprint density at radius 2 is 1.80 bits per heavy atom. The van der Waals surface area contributed by atoms with Gasteiger partial charge in [-0.25, -0.2) is 9.22 Å². The van der Waals surface area contributed by atoms with Crippen molar-refractivity contribution in [2.24, 2.45) is 5.10 Å². The maximum atomic E-state index is 13.5. The highest BCUT2D eigenvalue weighted by molar-refractivity contribution is 7.97. The second-order valence-corrected chi connectivity index (χ2v) is 5.06. The van der Waals surface area contributed by atoms with Crippen LogP contribution in [0.25, 0.3) is 6.08 Å². The molecule has 0 aliphatic rings. The Morgan fingerprint density at radius 1 is 1.10 bits per heavy atom. The van der Waals surface area contributed by atoms with E-state index in [9.17, 15) is 4.39 Å². The molecule has 0 aliphatic carbocycles. The first-order valence-corrected chi connectivity index (χ1v) is 6.99. The van der Waals surface area contributed by atoms with E-state index in [-0.39, 0.29) is 0 Å². The Morgan fingerprint density at radius 3 is 2.50 bits per heavy atom. The normalized spacial score (nSPS) is 11.8. The molecule has 1 N–H and O–H groups in total. The van der Waals surface area contributed by atoms with Gasteiger partial charge < -0.3 is 0 Å². The highest BCUT2D eigenvalue weighted by atomic mass is 32.2. The molecular formula is C16H15FN2S. The van der Waals surface area contributed by atoms with Gasteiger partial charge in [0.25, 0.3) is 0 Å². The fraction of sp³-hybridized carbons (Fsp3) is 0.0625. The molecule has 2 aromatic rings. The summed E-state index contributed by atoms with van der Waals surface area (Å²) in [6, 6.07) is 17.3. The molecule has 0 spiro atoms. The molecule has 0 saturated carbocycles. The van der Waals surface area contributed by atoms with Crippen LogP contribution in [0.3, 0.4) is 0 Å². The maximum Gasteiger partial charge on any atom is 0.143 e. The highest BCUT2D eigenvalue weighted by Crippen LogP contribution is 2.14. The Hall–Kier alpha value is -2.07. The summed E-state index contributed by atoms with van der Waals surface area (Å²) in [6.07, 6.45) is 2.59. The molecular weight excluding hydrogens is 271 g/mol. The summed E-state index contributed by atoms with van der Waals surface area (Å²) in [4.78, 5) is 3.77. The van der Waals surface area contributed by atoms with Crippen LogP contribution >= 0.6 is 11.9 Å². The summed E-state index contributed by atoms with van der Waals surface area (Å²) in [5.74, 6) is -0.395. The van der Waals surface area contributed by atoms with Gasteiger partial charge in [-0.3, -0.25) is 0 Å². The van der Waals surface area contributed by atoms with Crippen molar-refractivity contribution in [1.82, 2.24) is 4.83 Å².